The van der Waals surface area contributed by atoms with Crippen molar-refractivity contribution in [2.75, 3.05) is 26.3 Å². The lowest BCUT2D eigenvalue weighted by molar-refractivity contribution is 0.0413. The number of rotatable bonds is 3. The van der Waals surface area contributed by atoms with Crippen LogP contribution in [0.5, 0.6) is 17.4 Å². The molecular formula is C19H22ClN3O4. The smallest absolute Gasteiger partial charge is 0.415 e. The van der Waals surface area contributed by atoms with E-state index in [1.807, 2.05) is 27.7 Å². The van der Waals surface area contributed by atoms with Crippen molar-refractivity contribution >= 4 is 17.7 Å². The quantitative estimate of drug-likeness (QED) is 0.787. The molecule has 0 radical (unpaired) electrons. The van der Waals surface area contributed by atoms with Gasteiger partial charge in [0.1, 0.15) is 5.75 Å². The summed E-state index contributed by atoms with van der Waals surface area (Å²) < 4.78 is 16.8. The van der Waals surface area contributed by atoms with Gasteiger partial charge in [-0.3, -0.25) is 0 Å². The maximum Gasteiger partial charge on any atom is 0.415 e. The van der Waals surface area contributed by atoms with Crippen LogP contribution >= 0.6 is 11.6 Å². The molecule has 1 aliphatic heterocycles. The lowest BCUT2D eigenvalue weighted by Crippen LogP contribution is -2.42. The minimum atomic E-state index is -0.499. The van der Waals surface area contributed by atoms with Gasteiger partial charge < -0.3 is 19.1 Å². The molecule has 2 heterocycles. The molecule has 144 valence electrons. The minimum absolute atomic E-state index is 0.0946. The topological polar surface area (TPSA) is 73.8 Å². The maximum atomic E-state index is 12.4. The van der Waals surface area contributed by atoms with Gasteiger partial charge in [0, 0.05) is 19.2 Å². The SMILES string of the molecule is Cc1cc(C)c(C)c(Oc2nnc(Cl)cc2OC(=O)N2CCOCC2)c1C. The highest BCUT2D eigenvalue weighted by Gasteiger charge is 2.23. The van der Waals surface area contributed by atoms with E-state index in [1.54, 1.807) is 4.90 Å². The Morgan fingerprint density at radius 2 is 1.70 bits per heavy atom. The second kappa shape index (κ2) is 8.10. The number of morpholine rings is 1. The lowest BCUT2D eigenvalue weighted by atomic mass is 10.0. The summed E-state index contributed by atoms with van der Waals surface area (Å²) in [7, 11) is 0. The van der Waals surface area contributed by atoms with Crippen LogP contribution in [0.4, 0.5) is 4.79 Å². The molecule has 1 aliphatic rings. The summed E-state index contributed by atoms with van der Waals surface area (Å²) in [5.74, 6) is 0.898. The van der Waals surface area contributed by atoms with Crippen LogP contribution in [0.25, 0.3) is 0 Å². The third-order valence-electron chi connectivity index (χ3n) is 4.66. The predicted octanol–water partition coefficient (Wildman–Crippen LogP) is 3.99. The van der Waals surface area contributed by atoms with Crippen LogP contribution in [0, 0.1) is 27.7 Å². The molecule has 27 heavy (non-hydrogen) atoms. The van der Waals surface area contributed by atoms with Crippen molar-refractivity contribution in [1.82, 2.24) is 15.1 Å². The van der Waals surface area contributed by atoms with Crippen molar-refractivity contribution in [2.45, 2.75) is 27.7 Å². The fourth-order valence-electron chi connectivity index (χ4n) is 2.82. The van der Waals surface area contributed by atoms with Crippen LogP contribution in [0.1, 0.15) is 22.3 Å². The average Bonchev–Trinajstić information content (AvgIpc) is 2.66. The number of ether oxygens (including phenoxy) is 3. The minimum Gasteiger partial charge on any atom is -0.434 e. The summed E-state index contributed by atoms with van der Waals surface area (Å²) in [4.78, 5) is 14.0. The molecule has 0 aliphatic carbocycles. The molecule has 0 spiro atoms. The van der Waals surface area contributed by atoms with E-state index in [1.165, 1.54) is 6.07 Å². The van der Waals surface area contributed by atoms with Gasteiger partial charge in [-0.2, -0.15) is 0 Å². The number of benzene rings is 1. The zero-order valence-electron chi connectivity index (χ0n) is 15.8. The molecule has 0 N–H and O–H groups in total. The van der Waals surface area contributed by atoms with Gasteiger partial charge in [-0.05, 0) is 49.9 Å². The molecule has 1 aromatic carbocycles. The molecule has 1 aromatic heterocycles. The average molecular weight is 392 g/mol. The van der Waals surface area contributed by atoms with E-state index in [0.717, 1.165) is 22.3 Å². The second-order valence-corrected chi connectivity index (χ2v) is 6.88. The van der Waals surface area contributed by atoms with Gasteiger partial charge in [0.2, 0.25) is 0 Å². The number of amides is 1. The first kappa shape index (κ1) is 19.4. The molecule has 0 saturated carbocycles. The van der Waals surface area contributed by atoms with Crippen molar-refractivity contribution in [3.63, 3.8) is 0 Å². The van der Waals surface area contributed by atoms with Crippen LogP contribution in [-0.4, -0.2) is 47.5 Å². The summed E-state index contributed by atoms with van der Waals surface area (Å²) in [6, 6.07) is 3.53. The largest absolute Gasteiger partial charge is 0.434 e. The zero-order valence-corrected chi connectivity index (χ0v) is 16.6. The molecular weight excluding hydrogens is 370 g/mol. The Morgan fingerprint density at radius 3 is 2.33 bits per heavy atom. The van der Waals surface area contributed by atoms with Gasteiger partial charge in [0.15, 0.2) is 10.9 Å². The van der Waals surface area contributed by atoms with E-state index in [4.69, 9.17) is 25.8 Å². The van der Waals surface area contributed by atoms with Gasteiger partial charge in [-0.1, -0.05) is 17.7 Å². The van der Waals surface area contributed by atoms with Crippen LogP contribution in [0.3, 0.4) is 0 Å². The normalized spacial score (nSPS) is 14.2. The third-order valence-corrected chi connectivity index (χ3v) is 4.84. The molecule has 0 bridgehead atoms. The molecule has 1 saturated heterocycles. The summed E-state index contributed by atoms with van der Waals surface area (Å²) >= 11 is 5.95. The summed E-state index contributed by atoms with van der Waals surface area (Å²) in [6.45, 7) is 9.87. The molecule has 7 nitrogen and oxygen atoms in total. The summed E-state index contributed by atoms with van der Waals surface area (Å²) in [5.41, 5.74) is 4.17. The van der Waals surface area contributed by atoms with Gasteiger partial charge in [0.05, 0.1) is 13.2 Å². The van der Waals surface area contributed by atoms with Gasteiger partial charge in [-0.15, -0.1) is 10.2 Å². The van der Waals surface area contributed by atoms with Gasteiger partial charge in [0.25, 0.3) is 5.88 Å². The highest BCUT2D eigenvalue weighted by Crippen LogP contribution is 2.36. The molecule has 2 aromatic rings. The highest BCUT2D eigenvalue weighted by molar-refractivity contribution is 6.29. The Hall–Kier alpha value is -2.38. The summed E-state index contributed by atoms with van der Waals surface area (Å²) in [5, 5.41) is 7.93. The maximum absolute atomic E-state index is 12.4. The molecule has 3 rings (SSSR count). The van der Waals surface area contributed by atoms with Crippen molar-refractivity contribution in [2.24, 2.45) is 0 Å². The number of aromatic nitrogens is 2. The van der Waals surface area contributed by atoms with E-state index in [9.17, 15) is 4.79 Å². The number of halogens is 1. The Labute approximate surface area is 163 Å². The van der Waals surface area contributed by atoms with Crippen LogP contribution in [-0.2, 0) is 4.74 Å². The number of carbonyl (C=O) groups excluding carboxylic acids is 1. The number of nitrogens with zero attached hydrogens (tertiary/aromatic N) is 3. The lowest BCUT2D eigenvalue weighted by Gasteiger charge is -2.26. The van der Waals surface area contributed by atoms with Crippen LogP contribution in [0.15, 0.2) is 12.1 Å². The molecule has 0 atom stereocenters. The summed E-state index contributed by atoms with van der Waals surface area (Å²) in [6.07, 6.45) is -0.499. The van der Waals surface area contributed by atoms with Gasteiger partial charge in [-0.25, -0.2) is 4.79 Å². The Kier molecular flexibility index (Phi) is 5.82. The number of hydrogen-bond donors (Lipinski definition) is 0. The predicted molar refractivity (Wildman–Crippen MR) is 101 cm³/mol. The highest BCUT2D eigenvalue weighted by atomic mass is 35.5. The van der Waals surface area contributed by atoms with Crippen LogP contribution < -0.4 is 9.47 Å². The molecule has 1 fully saturated rings. The number of carbonyl (C=O) groups is 1. The van der Waals surface area contributed by atoms with Crippen LogP contribution in [0.2, 0.25) is 5.15 Å². The van der Waals surface area contributed by atoms with E-state index < -0.39 is 6.09 Å². The standard InChI is InChI=1S/C19H22ClN3O4/c1-11-9-12(2)14(4)17(13(11)3)27-18-15(10-16(20)21-22-18)26-19(24)23-5-7-25-8-6-23/h9-10H,5-8H2,1-4H3. The number of aryl methyl sites for hydroxylation is 2. The molecule has 1 amide bonds. The Bertz CT molecular complexity index is 840. The van der Waals surface area contributed by atoms with E-state index in [2.05, 4.69) is 16.3 Å². The number of hydrogen-bond acceptors (Lipinski definition) is 6. The van der Waals surface area contributed by atoms with E-state index in [0.29, 0.717) is 32.1 Å². The first-order valence-corrected chi connectivity index (χ1v) is 9.07. The fraction of sp³-hybridized carbons (Fsp3) is 0.421. The Balaban J connectivity index is 1.90. The van der Waals surface area contributed by atoms with Crippen molar-refractivity contribution in [3.05, 3.63) is 39.5 Å². The Morgan fingerprint density at radius 1 is 1.07 bits per heavy atom. The second-order valence-electron chi connectivity index (χ2n) is 6.50. The monoisotopic (exact) mass is 391 g/mol. The molecule has 0 unspecified atom stereocenters. The van der Waals surface area contributed by atoms with Crippen molar-refractivity contribution < 1.29 is 19.0 Å². The van der Waals surface area contributed by atoms with E-state index in [-0.39, 0.29) is 16.8 Å². The zero-order chi connectivity index (χ0) is 19.6. The fourth-order valence-corrected chi connectivity index (χ4v) is 2.96. The van der Waals surface area contributed by atoms with Crippen molar-refractivity contribution in [3.8, 4) is 17.4 Å². The van der Waals surface area contributed by atoms with Gasteiger partial charge >= 0.3 is 6.09 Å². The molecule has 8 heteroatoms. The third kappa shape index (κ3) is 4.31. The van der Waals surface area contributed by atoms with Crippen molar-refractivity contribution in [1.29, 1.82) is 0 Å². The first-order chi connectivity index (χ1) is 12.9. The first-order valence-electron chi connectivity index (χ1n) is 8.69. The van der Waals surface area contributed by atoms with E-state index >= 15 is 0 Å².